The first-order chi connectivity index (χ1) is 16.5. The van der Waals surface area contributed by atoms with Gasteiger partial charge in [0.05, 0.1) is 23.3 Å². The molecule has 1 aliphatic rings. The van der Waals surface area contributed by atoms with E-state index in [0.29, 0.717) is 22.1 Å². The second-order valence-electron chi connectivity index (χ2n) is 8.27. The van der Waals surface area contributed by atoms with Crippen molar-refractivity contribution in [3.05, 3.63) is 71.7 Å². The fraction of sp³-hybridized carbons (Fsp3) is 0.208. The normalized spacial score (nSPS) is 15.9. The molecule has 0 spiro atoms. The molecule has 174 valence electrons. The maximum Gasteiger partial charge on any atom is 0.275 e. The average Bonchev–Trinajstić information content (AvgIpc) is 3.50. The molecule has 5 N–H and O–H groups in total. The number of amides is 1. The lowest BCUT2D eigenvalue weighted by molar-refractivity contribution is 0.102. The zero-order chi connectivity index (χ0) is 23.7. The number of carbonyl (C=O) groups is 1. The third-order valence-corrected chi connectivity index (χ3v) is 6.62. The number of thiazole rings is 1. The number of nitrogens with zero attached hydrogens (tertiary/aromatic N) is 4. The van der Waals surface area contributed by atoms with E-state index in [1.165, 1.54) is 23.5 Å². The van der Waals surface area contributed by atoms with Crippen molar-refractivity contribution < 1.29 is 9.18 Å². The molecule has 2 aromatic heterocycles. The largest absolute Gasteiger partial charge is 0.399 e. The van der Waals surface area contributed by atoms with E-state index in [1.54, 1.807) is 40.7 Å². The van der Waals surface area contributed by atoms with Crippen molar-refractivity contribution in [1.82, 2.24) is 14.8 Å². The molecule has 0 bridgehead atoms. The molecule has 0 unspecified atom stereocenters. The summed E-state index contributed by atoms with van der Waals surface area (Å²) >= 11 is 1.35. The minimum absolute atomic E-state index is 0.103. The molecule has 8 nitrogen and oxygen atoms in total. The van der Waals surface area contributed by atoms with Crippen molar-refractivity contribution in [1.29, 1.82) is 0 Å². The van der Waals surface area contributed by atoms with Crippen molar-refractivity contribution in [3.63, 3.8) is 0 Å². The zero-order valence-electron chi connectivity index (χ0n) is 18.3. The molecule has 4 aromatic rings. The Hall–Kier alpha value is -3.76. The first kappa shape index (κ1) is 22.1. The first-order valence-electron chi connectivity index (χ1n) is 10.9. The third-order valence-electron chi connectivity index (χ3n) is 5.72. The molecule has 34 heavy (non-hydrogen) atoms. The van der Waals surface area contributed by atoms with Gasteiger partial charge in [-0.2, -0.15) is 5.10 Å². The van der Waals surface area contributed by atoms with E-state index in [-0.39, 0.29) is 17.8 Å². The molecule has 2 aromatic carbocycles. The van der Waals surface area contributed by atoms with Crippen molar-refractivity contribution in [2.45, 2.75) is 18.9 Å². The minimum Gasteiger partial charge on any atom is -0.399 e. The van der Waals surface area contributed by atoms with Crippen LogP contribution in [-0.4, -0.2) is 39.8 Å². The molecule has 5 rings (SSSR count). The number of benzene rings is 2. The standard InChI is InChI=1S/C24H24FN7OS/c25-16-3-6-19(7-4-16)32-12-15(11-28-32)24-30-21(14-34-24)23(33)29-20-10-17(26)5-8-22(20)31-9-1-2-18(27)13-31/h3-8,10-12,14,18H,1-2,9,13,26-27H2,(H,29,33)/t18-/m1/s1. The van der Waals surface area contributed by atoms with Crippen LogP contribution in [0, 0.1) is 5.82 Å². The SMILES string of the molecule is Nc1ccc(N2CCC[C@@H](N)C2)c(NC(=O)c2csc(-c3cnn(-c4ccc(F)cc4)c3)n2)c1. The summed E-state index contributed by atoms with van der Waals surface area (Å²) in [6, 6.07) is 11.6. The smallest absolute Gasteiger partial charge is 0.275 e. The Morgan fingerprint density at radius 2 is 2.03 bits per heavy atom. The molecular weight excluding hydrogens is 453 g/mol. The minimum atomic E-state index is -0.318. The number of nitrogen functional groups attached to an aromatic ring is 1. The quantitative estimate of drug-likeness (QED) is 0.376. The second-order valence-corrected chi connectivity index (χ2v) is 9.13. The predicted octanol–water partition coefficient (Wildman–Crippen LogP) is 3.90. The van der Waals surface area contributed by atoms with Gasteiger partial charge in [0.2, 0.25) is 0 Å². The van der Waals surface area contributed by atoms with Gasteiger partial charge in [0, 0.05) is 42.0 Å². The lowest BCUT2D eigenvalue weighted by atomic mass is 10.1. The fourth-order valence-electron chi connectivity index (χ4n) is 4.02. The number of rotatable bonds is 5. The molecule has 1 amide bonds. The van der Waals surface area contributed by atoms with Gasteiger partial charge in [-0.25, -0.2) is 14.1 Å². The van der Waals surface area contributed by atoms with Crippen molar-refractivity contribution in [3.8, 4) is 16.3 Å². The number of nitrogens with two attached hydrogens (primary N) is 2. The van der Waals surface area contributed by atoms with Gasteiger partial charge >= 0.3 is 0 Å². The summed E-state index contributed by atoms with van der Waals surface area (Å²) < 4.78 is 14.8. The number of hydrogen-bond acceptors (Lipinski definition) is 7. The Morgan fingerprint density at radius 1 is 1.21 bits per heavy atom. The molecule has 1 atom stereocenters. The highest BCUT2D eigenvalue weighted by Gasteiger charge is 2.21. The fourth-order valence-corrected chi connectivity index (χ4v) is 4.80. The van der Waals surface area contributed by atoms with Gasteiger partial charge in [0.15, 0.2) is 0 Å². The van der Waals surface area contributed by atoms with Gasteiger partial charge in [0.1, 0.15) is 16.5 Å². The number of anilines is 3. The summed E-state index contributed by atoms with van der Waals surface area (Å²) in [6.45, 7) is 1.60. The van der Waals surface area contributed by atoms with Crippen LogP contribution in [0.4, 0.5) is 21.5 Å². The van der Waals surface area contributed by atoms with E-state index in [2.05, 4.69) is 20.3 Å². The topological polar surface area (TPSA) is 115 Å². The van der Waals surface area contributed by atoms with E-state index >= 15 is 0 Å². The maximum atomic E-state index is 13.2. The van der Waals surface area contributed by atoms with Crippen LogP contribution in [0.25, 0.3) is 16.3 Å². The van der Waals surface area contributed by atoms with Crippen LogP contribution in [0.15, 0.2) is 60.2 Å². The molecule has 1 fully saturated rings. The van der Waals surface area contributed by atoms with Crippen LogP contribution in [0.3, 0.4) is 0 Å². The van der Waals surface area contributed by atoms with E-state index in [0.717, 1.165) is 42.9 Å². The number of carbonyl (C=O) groups excluding carboxylic acids is 1. The monoisotopic (exact) mass is 477 g/mol. The van der Waals surface area contributed by atoms with Crippen molar-refractivity contribution in [2.24, 2.45) is 5.73 Å². The lowest BCUT2D eigenvalue weighted by Gasteiger charge is -2.34. The predicted molar refractivity (Wildman–Crippen MR) is 133 cm³/mol. The van der Waals surface area contributed by atoms with E-state index in [4.69, 9.17) is 11.5 Å². The summed E-state index contributed by atoms with van der Waals surface area (Å²) in [5.74, 6) is -0.625. The van der Waals surface area contributed by atoms with Crippen LogP contribution >= 0.6 is 11.3 Å². The molecule has 1 aliphatic heterocycles. The summed E-state index contributed by atoms with van der Waals surface area (Å²) in [5.41, 5.74) is 16.0. The zero-order valence-corrected chi connectivity index (χ0v) is 19.1. The number of nitrogens with one attached hydrogen (secondary N) is 1. The highest BCUT2D eigenvalue weighted by Crippen LogP contribution is 2.31. The van der Waals surface area contributed by atoms with Gasteiger partial charge in [-0.3, -0.25) is 4.79 Å². The highest BCUT2D eigenvalue weighted by atomic mass is 32.1. The van der Waals surface area contributed by atoms with Gasteiger partial charge in [0.25, 0.3) is 5.91 Å². The van der Waals surface area contributed by atoms with Crippen LogP contribution in [0.5, 0.6) is 0 Å². The van der Waals surface area contributed by atoms with E-state index in [1.807, 2.05) is 12.1 Å². The van der Waals surface area contributed by atoms with Gasteiger partial charge in [-0.05, 0) is 55.3 Å². The molecule has 0 radical (unpaired) electrons. The summed E-state index contributed by atoms with van der Waals surface area (Å²) in [7, 11) is 0. The Balaban J connectivity index is 1.34. The van der Waals surface area contributed by atoms with Gasteiger partial charge in [-0.15, -0.1) is 11.3 Å². The summed E-state index contributed by atoms with van der Waals surface area (Å²) in [5, 5.41) is 9.66. The van der Waals surface area contributed by atoms with Crippen LogP contribution in [0.2, 0.25) is 0 Å². The molecule has 0 saturated carbocycles. The Morgan fingerprint density at radius 3 is 2.82 bits per heavy atom. The molecule has 0 aliphatic carbocycles. The van der Waals surface area contributed by atoms with Crippen molar-refractivity contribution in [2.75, 3.05) is 29.0 Å². The second kappa shape index (κ2) is 9.24. The summed E-state index contributed by atoms with van der Waals surface area (Å²) in [6.07, 6.45) is 5.45. The number of hydrogen-bond donors (Lipinski definition) is 3. The number of aromatic nitrogens is 3. The van der Waals surface area contributed by atoms with E-state index < -0.39 is 0 Å². The summed E-state index contributed by atoms with van der Waals surface area (Å²) in [4.78, 5) is 19.7. The Bertz CT molecular complexity index is 1320. The molecule has 1 saturated heterocycles. The van der Waals surface area contributed by atoms with Crippen molar-refractivity contribution >= 4 is 34.3 Å². The Labute approximate surface area is 200 Å². The third kappa shape index (κ3) is 4.63. The van der Waals surface area contributed by atoms with Gasteiger partial charge in [-0.1, -0.05) is 0 Å². The van der Waals surface area contributed by atoms with Crippen LogP contribution < -0.4 is 21.7 Å². The first-order valence-corrected chi connectivity index (χ1v) is 11.8. The van der Waals surface area contributed by atoms with Crippen LogP contribution in [0.1, 0.15) is 23.3 Å². The maximum absolute atomic E-state index is 13.2. The molecule has 3 heterocycles. The average molecular weight is 478 g/mol. The lowest BCUT2D eigenvalue weighted by Crippen LogP contribution is -2.43. The highest BCUT2D eigenvalue weighted by molar-refractivity contribution is 7.13. The molecule has 10 heteroatoms. The number of halogens is 1. The molecular formula is C24H24FN7OS. The Kier molecular flexibility index (Phi) is 5.99. The van der Waals surface area contributed by atoms with Crippen LogP contribution in [-0.2, 0) is 0 Å². The van der Waals surface area contributed by atoms with E-state index in [9.17, 15) is 9.18 Å². The number of piperidine rings is 1. The van der Waals surface area contributed by atoms with Gasteiger partial charge < -0.3 is 21.7 Å².